The van der Waals surface area contributed by atoms with Crippen LogP contribution in [-0.2, 0) is 15.0 Å². The maximum atomic E-state index is 12.7. The molecule has 0 saturated carbocycles. The highest BCUT2D eigenvalue weighted by Crippen LogP contribution is 2.46. The van der Waals surface area contributed by atoms with E-state index in [-0.39, 0.29) is 17.7 Å². The molecule has 0 N–H and O–H groups in total. The van der Waals surface area contributed by atoms with E-state index in [9.17, 15) is 9.59 Å². The van der Waals surface area contributed by atoms with E-state index in [1.807, 2.05) is 50.1 Å². The Morgan fingerprint density at radius 2 is 2.00 bits per heavy atom. The molecule has 1 unspecified atom stereocenters. The highest BCUT2D eigenvalue weighted by molar-refractivity contribution is 6.08. The van der Waals surface area contributed by atoms with E-state index >= 15 is 0 Å². The summed E-state index contributed by atoms with van der Waals surface area (Å²) >= 11 is 0. The van der Waals surface area contributed by atoms with Crippen LogP contribution in [-0.4, -0.2) is 36.9 Å². The van der Waals surface area contributed by atoms with Crippen LogP contribution in [0.2, 0.25) is 0 Å². The zero-order valence-corrected chi connectivity index (χ0v) is 12.2. The first-order valence-electron chi connectivity index (χ1n) is 7.14. The van der Waals surface area contributed by atoms with Crippen LogP contribution in [0.4, 0.5) is 5.69 Å². The largest absolute Gasteiger partial charge is 0.341 e. The van der Waals surface area contributed by atoms with Gasteiger partial charge in [-0.25, -0.2) is 0 Å². The normalized spacial score (nSPS) is 24.9. The molecule has 0 aliphatic carbocycles. The van der Waals surface area contributed by atoms with Crippen molar-refractivity contribution in [2.45, 2.75) is 25.7 Å². The van der Waals surface area contributed by atoms with Crippen LogP contribution in [0.1, 0.15) is 25.8 Å². The Morgan fingerprint density at radius 1 is 1.30 bits per heavy atom. The van der Waals surface area contributed by atoms with Gasteiger partial charge in [0.15, 0.2) is 0 Å². The zero-order valence-electron chi connectivity index (χ0n) is 12.2. The molecule has 2 amide bonds. The first-order chi connectivity index (χ1) is 9.47. The Morgan fingerprint density at radius 3 is 2.70 bits per heavy atom. The molecule has 3 rings (SSSR count). The monoisotopic (exact) mass is 272 g/mol. The number of amides is 2. The van der Waals surface area contributed by atoms with Gasteiger partial charge in [0.2, 0.25) is 11.8 Å². The molecule has 106 valence electrons. The summed E-state index contributed by atoms with van der Waals surface area (Å²) < 4.78 is 0. The number of rotatable bonds is 1. The van der Waals surface area contributed by atoms with Crippen molar-refractivity contribution in [2.75, 3.05) is 25.0 Å². The van der Waals surface area contributed by atoms with Gasteiger partial charge in [-0.15, -0.1) is 0 Å². The van der Waals surface area contributed by atoms with E-state index in [2.05, 4.69) is 0 Å². The second kappa shape index (κ2) is 4.33. The first-order valence-corrected chi connectivity index (χ1v) is 7.14. The van der Waals surface area contributed by atoms with Gasteiger partial charge in [-0.05, 0) is 18.1 Å². The summed E-state index contributed by atoms with van der Waals surface area (Å²) in [5.74, 6) is 0.245. The van der Waals surface area contributed by atoms with Crippen LogP contribution >= 0.6 is 0 Å². The molecule has 2 heterocycles. The van der Waals surface area contributed by atoms with Crippen molar-refractivity contribution in [3.63, 3.8) is 0 Å². The molecule has 4 nitrogen and oxygen atoms in total. The number of anilines is 1. The van der Waals surface area contributed by atoms with Crippen LogP contribution in [0.15, 0.2) is 24.3 Å². The van der Waals surface area contributed by atoms with Crippen molar-refractivity contribution >= 4 is 17.5 Å². The smallest absolute Gasteiger partial charge is 0.239 e. The number of para-hydroxylation sites is 1. The SMILES string of the molecule is CC(C)C(=O)N1CCC2(C1)C(=O)N(C)c1ccccc12. The molecule has 0 bridgehead atoms. The minimum atomic E-state index is -0.518. The van der Waals surface area contributed by atoms with Crippen LogP contribution in [0, 0.1) is 5.92 Å². The second-order valence-corrected chi connectivity index (χ2v) is 6.13. The molecule has 1 aromatic carbocycles. The maximum Gasteiger partial charge on any atom is 0.239 e. The van der Waals surface area contributed by atoms with Gasteiger partial charge in [0.1, 0.15) is 0 Å². The van der Waals surface area contributed by atoms with Gasteiger partial charge >= 0.3 is 0 Å². The van der Waals surface area contributed by atoms with Crippen molar-refractivity contribution in [2.24, 2.45) is 5.92 Å². The number of carbonyl (C=O) groups excluding carboxylic acids is 2. The number of fused-ring (bicyclic) bond motifs is 2. The standard InChI is InChI=1S/C16H20N2O2/c1-11(2)14(19)18-9-8-16(10-18)12-6-4-5-7-13(12)17(3)15(16)20/h4-7,11H,8-10H2,1-3H3. The molecule has 20 heavy (non-hydrogen) atoms. The van der Waals surface area contributed by atoms with Crippen LogP contribution in [0.5, 0.6) is 0 Å². The number of likely N-dealkylation sites (tertiary alicyclic amines) is 1. The van der Waals surface area contributed by atoms with Crippen molar-refractivity contribution in [1.82, 2.24) is 4.90 Å². The van der Waals surface area contributed by atoms with E-state index in [0.29, 0.717) is 13.1 Å². The molecule has 1 fully saturated rings. The topological polar surface area (TPSA) is 40.6 Å². The number of hydrogen-bond donors (Lipinski definition) is 0. The quantitative estimate of drug-likeness (QED) is 0.782. The lowest BCUT2D eigenvalue weighted by atomic mass is 9.81. The Hall–Kier alpha value is -1.84. The maximum absolute atomic E-state index is 12.7. The molecule has 0 aromatic heterocycles. The molecule has 2 aliphatic heterocycles. The predicted molar refractivity (Wildman–Crippen MR) is 77.6 cm³/mol. The van der Waals surface area contributed by atoms with E-state index < -0.39 is 5.41 Å². The Kier molecular flexibility index (Phi) is 2.85. The fourth-order valence-electron chi connectivity index (χ4n) is 3.47. The molecular weight excluding hydrogens is 252 g/mol. The van der Waals surface area contributed by atoms with Gasteiger partial charge in [-0.2, -0.15) is 0 Å². The molecule has 1 spiro atoms. The highest BCUT2D eigenvalue weighted by atomic mass is 16.2. The van der Waals surface area contributed by atoms with Gasteiger partial charge in [0.25, 0.3) is 0 Å². The number of nitrogens with zero attached hydrogens (tertiary/aromatic N) is 2. The fourth-order valence-corrected chi connectivity index (χ4v) is 3.47. The van der Waals surface area contributed by atoms with E-state index in [1.54, 1.807) is 4.90 Å². The zero-order chi connectivity index (χ0) is 14.5. The molecule has 1 saturated heterocycles. The third-order valence-electron chi connectivity index (χ3n) is 4.57. The molecular formula is C16H20N2O2. The van der Waals surface area contributed by atoms with Crippen molar-refractivity contribution in [1.29, 1.82) is 0 Å². The van der Waals surface area contributed by atoms with Gasteiger partial charge in [-0.1, -0.05) is 32.0 Å². The summed E-state index contributed by atoms with van der Waals surface area (Å²) in [6.07, 6.45) is 0.728. The van der Waals surface area contributed by atoms with Gasteiger partial charge in [0, 0.05) is 31.7 Å². The molecule has 1 atom stereocenters. The van der Waals surface area contributed by atoms with Crippen molar-refractivity contribution in [3.8, 4) is 0 Å². The van der Waals surface area contributed by atoms with Crippen molar-refractivity contribution in [3.05, 3.63) is 29.8 Å². The summed E-state index contributed by atoms with van der Waals surface area (Å²) in [5, 5.41) is 0. The molecule has 2 aliphatic rings. The Balaban J connectivity index is 1.99. The number of hydrogen-bond acceptors (Lipinski definition) is 2. The highest BCUT2D eigenvalue weighted by Gasteiger charge is 2.54. The summed E-state index contributed by atoms with van der Waals surface area (Å²) in [7, 11) is 1.82. The minimum absolute atomic E-state index is 0.0189. The van der Waals surface area contributed by atoms with E-state index in [4.69, 9.17) is 0 Å². The van der Waals surface area contributed by atoms with E-state index in [1.165, 1.54) is 0 Å². The number of carbonyl (C=O) groups is 2. The van der Waals surface area contributed by atoms with E-state index in [0.717, 1.165) is 17.7 Å². The average Bonchev–Trinajstić information content (AvgIpc) is 2.97. The summed E-state index contributed by atoms with van der Waals surface area (Å²) in [4.78, 5) is 28.5. The first kappa shape index (κ1) is 13.2. The minimum Gasteiger partial charge on any atom is -0.341 e. The average molecular weight is 272 g/mol. The predicted octanol–water partition coefficient (Wildman–Crippen LogP) is 1.79. The van der Waals surface area contributed by atoms with Gasteiger partial charge < -0.3 is 9.80 Å². The third-order valence-corrected chi connectivity index (χ3v) is 4.57. The third kappa shape index (κ3) is 1.60. The lowest BCUT2D eigenvalue weighted by molar-refractivity contribution is -0.133. The fraction of sp³-hybridized carbons (Fsp3) is 0.500. The Bertz CT molecular complexity index is 582. The van der Waals surface area contributed by atoms with Crippen LogP contribution < -0.4 is 4.90 Å². The lowest BCUT2D eigenvalue weighted by Gasteiger charge is -2.24. The number of likely N-dealkylation sites (N-methyl/N-ethyl adjacent to an activating group) is 1. The van der Waals surface area contributed by atoms with Gasteiger partial charge in [-0.3, -0.25) is 9.59 Å². The summed E-state index contributed by atoms with van der Waals surface area (Å²) in [5.41, 5.74) is 1.54. The Labute approximate surface area is 119 Å². The van der Waals surface area contributed by atoms with Crippen molar-refractivity contribution < 1.29 is 9.59 Å². The van der Waals surface area contributed by atoms with Gasteiger partial charge in [0.05, 0.1) is 5.41 Å². The molecule has 0 radical (unpaired) electrons. The second-order valence-electron chi connectivity index (χ2n) is 6.13. The molecule has 4 heteroatoms. The van der Waals surface area contributed by atoms with Crippen LogP contribution in [0.25, 0.3) is 0 Å². The lowest BCUT2D eigenvalue weighted by Crippen LogP contribution is -2.42. The molecule has 1 aromatic rings. The summed E-state index contributed by atoms with van der Waals surface area (Å²) in [6, 6.07) is 7.93. The van der Waals surface area contributed by atoms with Crippen LogP contribution in [0.3, 0.4) is 0 Å². The summed E-state index contributed by atoms with van der Waals surface area (Å²) in [6.45, 7) is 5.00. The number of benzene rings is 1.